The summed E-state index contributed by atoms with van der Waals surface area (Å²) >= 11 is 7.48. The number of carbonyl (C=O) groups excluding carboxylic acids is 3. The van der Waals surface area contributed by atoms with Crippen LogP contribution in [0.3, 0.4) is 0 Å². The Labute approximate surface area is 232 Å². The number of ether oxygens (including phenoxy) is 1. The van der Waals surface area contributed by atoms with Gasteiger partial charge in [-0.1, -0.05) is 54.1 Å². The molecule has 8 nitrogen and oxygen atoms in total. The molecule has 1 heterocycles. The lowest BCUT2D eigenvalue weighted by atomic mass is 9.96. The van der Waals surface area contributed by atoms with Crippen molar-refractivity contribution in [2.24, 2.45) is 5.10 Å². The highest BCUT2D eigenvalue weighted by atomic mass is 35.5. The number of nitriles is 1. The molecule has 5 rings (SSSR count). The Morgan fingerprint density at radius 1 is 1.00 bits per heavy atom. The molecule has 10 heteroatoms. The fourth-order valence-corrected chi connectivity index (χ4v) is 5.87. The minimum Gasteiger partial charge on any atom is -0.422 e. The van der Waals surface area contributed by atoms with Gasteiger partial charge in [0.1, 0.15) is 16.8 Å². The van der Waals surface area contributed by atoms with Crippen molar-refractivity contribution in [1.82, 2.24) is 5.43 Å². The number of hydrogen-bond donors (Lipinski definition) is 2. The van der Waals surface area contributed by atoms with Crippen LogP contribution in [0.5, 0.6) is 5.75 Å². The first-order chi connectivity index (χ1) is 19.0. The molecule has 2 amide bonds. The molecule has 1 aliphatic rings. The van der Waals surface area contributed by atoms with Crippen molar-refractivity contribution in [3.63, 3.8) is 0 Å². The average molecular weight is 557 g/mol. The zero-order chi connectivity index (χ0) is 27.4. The zero-order valence-corrected chi connectivity index (χ0v) is 22.1. The number of hydrazone groups is 1. The number of nitrogens with one attached hydrogen (secondary N) is 2. The van der Waals surface area contributed by atoms with Crippen LogP contribution in [0.15, 0.2) is 65.8 Å². The topological polar surface area (TPSA) is 121 Å². The molecule has 4 aromatic rings. The molecule has 2 N–H and O–H groups in total. The maximum atomic E-state index is 12.8. The van der Waals surface area contributed by atoms with Gasteiger partial charge in [0.25, 0.3) is 0 Å². The van der Waals surface area contributed by atoms with E-state index in [1.165, 1.54) is 17.6 Å². The monoisotopic (exact) mass is 556 g/mol. The van der Waals surface area contributed by atoms with Crippen LogP contribution in [-0.2, 0) is 22.4 Å². The van der Waals surface area contributed by atoms with Crippen molar-refractivity contribution in [2.75, 3.05) is 5.32 Å². The van der Waals surface area contributed by atoms with Gasteiger partial charge in [0.15, 0.2) is 0 Å². The van der Waals surface area contributed by atoms with Gasteiger partial charge < -0.3 is 10.1 Å². The molecule has 0 radical (unpaired) electrons. The fraction of sp³-hybridized carbons (Fsp3) is 0.138. The van der Waals surface area contributed by atoms with E-state index < -0.39 is 17.8 Å². The molecule has 3 aromatic carbocycles. The van der Waals surface area contributed by atoms with Gasteiger partial charge in [-0.15, -0.1) is 11.3 Å². The van der Waals surface area contributed by atoms with Gasteiger partial charge in [0, 0.05) is 10.4 Å². The second-order valence-electron chi connectivity index (χ2n) is 8.75. The Bertz CT molecular complexity index is 1690. The molecule has 39 heavy (non-hydrogen) atoms. The summed E-state index contributed by atoms with van der Waals surface area (Å²) in [5, 5.41) is 18.3. The minimum absolute atomic E-state index is 0.198. The maximum Gasteiger partial charge on any atom is 0.345 e. The first-order valence-electron chi connectivity index (χ1n) is 12.1. The van der Waals surface area contributed by atoms with Crippen molar-refractivity contribution < 1.29 is 19.1 Å². The van der Waals surface area contributed by atoms with Crippen LogP contribution >= 0.6 is 22.9 Å². The normalized spacial score (nSPS) is 12.5. The molecule has 0 saturated heterocycles. The Morgan fingerprint density at radius 2 is 1.77 bits per heavy atom. The van der Waals surface area contributed by atoms with Crippen LogP contribution in [0.1, 0.15) is 44.8 Å². The third-order valence-electron chi connectivity index (χ3n) is 6.30. The highest BCUT2D eigenvalue weighted by Crippen LogP contribution is 2.37. The number of anilines is 1. The number of amides is 2. The average Bonchev–Trinajstić information content (AvgIpc) is 3.30. The van der Waals surface area contributed by atoms with E-state index in [9.17, 15) is 19.6 Å². The van der Waals surface area contributed by atoms with Crippen LogP contribution in [-0.4, -0.2) is 24.0 Å². The van der Waals surface area contributed by atoms with Crippen molar-refractivity contribution >= 4 is 62.7 Å². The van der Waals surface area contributed by atoms with Crippen LogP contribution in [0.4, 0.5) is 5.00 Å². The van der Waals surface area contributed by atoms with Crippen LogP contribution in [0.2, 0.25) is 5.02 Å². The lowest BCUT2D eigenvalue weighted by molar-refractivity contribution is -0.136. The lowest BCUT2D eigenvalue weighted by Gasteiger charge is -2.11. The van der Waals surface area contributed by atoms with E-state index in [1.54, 1.807) is 36.4 Å². The van der Waals surface area contributed by atoms with E-state index in [4.69, 9.17) is 16.3 Å². The molecule has 0 aliphatic heterocycles. The molecule has 1 aromatic heterocycles. The highest BCUT2D eigenvalue weighted by Gasteiger charge is 2.24. The quantitative estimate of drug-likeness (QED) is 0.109. The number of thiophene rings is 1. The number of benzene rings is 3. The molecule has 0 fully saturated rings. The largest absolute Gasteiger partial charge is 0.422 e. The van der Waals surface area contributed by atoms with Gasteiger partial charge in [0.05, 0.1) is 22.4 Å². The van der Waals surface area contributed by atoms with Crippen LogP contribution < -0.4 is 15.5 Å². The summed E-state index contributed by atoms with van der Waals surface area (Å²) in [5.41, 5.74) is 4.21. The summed E-state index contributed by atoms with van der Waals surface area (Å²) in [6.45, 7) is 0. The summed E-state index contributed by atoms with van der Waals surface area (Å²) in [6, 6.07) is 19.5. The molecule has 194 valence electrons. The van der Waals surface area contributed by atoms with Gasteiger partial charge in [-0.05, 0) is 60.2 Å². The second-order valence-corrected chi connectivity index (χ2v) is 10.3. The Balaban J connectivity index is 1.35. The summed E-state index contributed by atoms with van der Waals surface area (Å²) in [6.07, 6.45) is 4.98. The van der Waals surface area contributed by atoms with Crippen molar-refractivity contribution in [3.05, 3.63) is 92.8 Å². The van der Waals surface area contributed by atoms with Crippen molar-refractivity contribution in [1.29, 1.82) is 5.26 Å². The Hall–Kier alpha value is -4.52. The number of aryl methyl sites for hydroxylation is 1. The summed E-state index contributed by atoms with van der Waals surface area (Å²) in [7, 11) is 0. The molecular weight excluding hydrogens is 536 g/mol. The minimum atomic E-state index is -1.00. The van der Waals surface area contributed by atoms with E-state index in [1.807, 2.05) is 24.3 Å². The Kier molecular flexibility index (Phi) is 7.68. The predicted molar refractivity (Wildman–Crippen MR) is 150 cm³/mol. The number of carbonyl (C=O) groups is 3. The summed E-state index contributed by atoms with van der Waals surface area (Å²) in [4.78, 5) is 39.0. The molecule has 1 aliphatic carbocycles. The summed E-state index contributed by atoms with van der Waals surface area (Å²) in [5.74, 6) is -2.40. The van der Waals surface area contributed by atoms with Crippen molar-refractivity contribution in [3.8, 4) is 11.8 Å². The molecule has 0 saturated carbocycles. The smallest absolute Gasteiger partial charge is 0.345 e. The number of halogens is 1. The first kappa shape index (κ1) is 26.1. The summed E-state index contributed by atoms with van der Waals surface area (Å²) < 4.78 is 5.63. The highest BCUT2D eigenvalue weighted by molar-refractivity contribution is 7.16. The lowest BCUT2D eigenvalue weighted by Crippen LogP contribution is -2.32. The standard InChI is InChI=1S/C29H21ClN4O4S/c30-23-11-5-3-10-20(23)29(37)38-24-14-13-17-7-1-2-8-18(17)22(24)16-32-34-27(36)26(35)33-28-21(15-31)19-9-4-6-12-25(19)39-28/h1-3,5,7-8,10-11,13-14,16H,4,6,9,12H2,(H,33,35)(H,34,36)/b32-16-. The number of hydrogen-bond acceptors (Lipinski definition) is 7. The van der Waals surface area contributed by atoms with Gasteiger partial charge >= 0.3 is 17.8 Å². The number of nitrogens with zero attached hydrogens (tertiary/aromatic N) is 2. The molecule has 0 spiro atoms. The van der Waals surface area contributed by atoms with Gasteiger partial charge in [-0.3, -0.25) is 9.59 Å². The first-order valence-corrected chi connectivity index (χ1v) is 13.3. The van der Waals surface area contributed by atoms with E-state index in [0.29, 0.717) is 21.5 Å². The third kappa shape index (κ3) is 5.53. The second kappa shape index (κ2) is 11.5. The van der Waals surface area contributed by atoms with E-state index in [-0.39, 0.29) is 16.3 Å². The molecular formula is C29H21ClN4O4S. The fourth-order valence-electron chi connectivity index (χ4n) is 4.42. The van der Waals surface area contributed by atoms with Gasteiger partial charge in [-0.2, -0.15) is 10.4 Å². The third-order valence-corrected chi connectivity index (χ3v) is 7.84. The van der Waals surface area contributed by atoms with Gasteiger partial charge in [-0.25, -0.2) is 10.2 Å². The predicted octanol–water partition coefficient (Wildman–Crippen LogP) is 5.61. The SMILES string of the molecule is N#Cc1c(NC(=O)C(=O)N/N=C\c2c(OC(=O)c3ccccc3Cl)ccc3ccccc23)sc2c1CCCC2. The van der Waals surface area contributed by atoms with Gasteiger partial charge in [0.2, 0.25) is 0 Å². The Morgan fingerprint density at radius 3 is 2.59 bits per heavy atom. The van der Waals surface area contributed by atoms with E-state index in [2.05, 4.69) is 21.9 Å². The molecule has 0 bridgehead atoms. The number of fused-ring (bicyclic) bond motifs is 2. The molecule has 0 unspecified atom stereocenters. The van der Waals surface area contributed by atoms with E-state index in [0.717, 1.165) is 41.5 Å². The number of esters is 1. The van der Waals surface area contributed by atoms with Crippen LogP contribution in [0, 0.1) is 11.3 Å². The van der Waals surface area contributed by atoms with Crippen LogP contribution in [0.25, 0.3) is 10.8 Å². The van der Waals surface area contributed by atoms with Crippen molar-refractivity contribution in [2.45, 2.75) is 25.7 Å². The maximum absolute atomic E-state index is 12.8. The zero-order valence-electron chi connectivity index (χ0n) is 20.5. The molecule has 0 atom stereocenters. The number of rotatable bonds is 5. The van der Waals surface area contributed by atoms with E-state index >= 15 is 0 Å².